The first kappa shape index (κ1) is 22.2. The number of nitrogens with zero attached hydrogens (tertiary/aromatic N) is 6. The number of benzene rings is 1. The minimum atomic E-state index is -0.330. The van der Waals surface area contributed by atoms with Gasteiger partial charge in [-0.2, -0.15) is 9.61 Å². The van der Waals surface area contributed by atoms with Crippen molar-refractivity contribution >= 4 is 28.3 Å². The molecular weight excluding hydrogens is 445 g/mol. The Kier molecular flexibility index (Phi) is 5.72. The number of halogens is 1. The fourth-order valence-electron chi connectivity index (χ4n) is 5.30. The Hall–Kier alpha value is -3.33. The zero-order valence-corrected chi connectivity index (χ0v) is 20.2. The highest BCUT2D eigenvalue weighted by Gasteiger charge is 2.24. The van der Waals surface area contributed by atoms with Gasteiger partial charge in [-0.25, -0.2) is 19.3 Å². The number of aromatic nitrogens is 5. The molecule has 0 unspecified atom stereocenters. The Balaban J connectivity index is 1.41. The second-order valence-electron chi connectivity index (χ2n) is 9.64. The number of hydrogen-bond donors (Lipinski definition) is 1. The molecule has 2 aliphatic rings. The highest BCUT2D eigenvalue weighted by atomic mass is 19.1. The number of methoxy groups -OCH3 is 1. The van der Waals surface area contributed by atoms with Gasteiger partial charge in [-0.3, -0.25) is 0 Å². The van der Waals surface area contributed by atoms with Crippen LogP contribution in [0.2, 0.25) is 0 Å². The van der Waals surface area contributed by atoms with Crippen LogP contribution < -0.4 is 10.2 Å². The van der Waals surface area contributed by atoms with Crippen LogP contribution in [0.15, 0.2) is 30.3 Å². The number of fused-ring (bicyclic) bond motifs is 2. The Morgan fingerprint density at radius 1 is 0.971 bits per heavy atom. The van der Waals surface area contributed by atoms with Crippen LogP contribution in [0.5, 0.6) is 0 Å². The van der Waals surface area contributed by atoms with E-state index in [0.717, 1.165) is 61.7 Å². The van der Waals surface area contributed by atoms with Crippen molar-refractivity contribution in [3.8, 4) is 11.4 Å². The Labute approximate surface area is 203 Å². The summed E-state index contributed by atoms with van der Waals surface area (Å²) in [5, 5.41) is 8.63. The molecule has 9 heteroatoms. The molecule has 2 fully saturated rings. The lowest BCUT2D eigenvalue weighted by Crippen LogP contribution is -2.30. The van der Waals surface area contributed by atoms with Crippen molar-refractivity contribution in [2.24, 2.45) is 0 Å². The molecule has 1 aliphatic carbocycles. The second kappa shape index (κ2) is 9.03. The lowest BCUT2D eigenvalue weighted by molar-refractivity contribution is 0.0681. The Morgan fingerprint density at radius 3 is 2.54 bits per heavy atom. The van der Waals surface area contributed by atoms with E-state index < -0.39 is 0 Å². The summed E-state index contributed by atoms with van der Waals surface area (Å²) in [5.41, 5.74) is 4.01. The van der Waals surface area contributed by atoms with Gasteiger partial charge in [-0.05, 0) is 57.6 Å². The number of ether oxygens (including phenoxy) is 1. The first-order valence-corrected chi connectivity index (χ1v) is 12.5. The van der Waals surface area contributed by atoms with E-state index in [-0.39, 0.29) is 5.82 Å². The molecule has 1 saturated heterocycles. The standard InChI is InChI=1S/C26H30FN7O/c1-16-26(30-21-13-17(27)5-10-20(21)28-16)22-14-24-31-23(33-11-3-4-12-33)15-25(34(24)32-22)29-18-6-8-19(35-2)9-7-18/h5,10,13-15,18-19,29H,3-4,6-9,11-12H2,1-2H3/t18-,19-. The van der Waals surface area contributed by atoms with Gasteiger partial charge in [0.05, 0.1) is 22.8 Å². The van der Waals surface area contributed by atoms with Crippen LogP contribution in [0, 0.1) is 12.7 Å². The van der Waals surface area contributed by atoms with Gasteiger partial charge in [0.2, 0.25) is 0 Å². The summed E-state index contributed by atoms with van der Waals surface area (Å²) in [7, 11) is 1.80. The first-order valence-electron chi connectivity index (χ1n) is 12.5. The quantitative estimate of drug-likeness (QED) is 0.446. The van der Waals surface area contributed by atoms with Gasteiger partial charge >= 0.3 is 0 Å². The molecule has 0 amide bonds. The zero-order valence-electron chi connectivity index (χ0n) is 20.2. The highest BCUT2D eigenvalue weighted by molar-refractivity contribution is 5.78. The van der Waals surface area contributed by atoms with Crippen molar-refractivity contribution in [2.45, 2.75) is 57.6 Å². The first-order chi connectivity index (χ1) is 17.1. The number of aryl methyl sites for hydroxylation is 1. The third kappa shape index (κ3) is 4.29. The Bertz CT molecular complexity index is 1370. The van der Waals surface area contributed by atoms with Crippen LogP contribution in [0.1, 0.15) is 44.2 Å². The fraction of sp³-hybridized carbons (Fsp3) is 0.462. The van der Waals surface area contributed by atoms with Gasteiger partial charge in [-0.15, -0.1) is 0 Å². The van der Waals surface area contributed by atoms with E-state index in [1.807, 2.05) is 17.5 Å². The van der Waals surface area contributed by atoms with Crippen LogP contribution >= 0.6 is 0 Å². The second-order valence-corrected chi connectivity index (χ2v) is 9.64. The van der Waals surface area contributed by atoms with E-state index in [0.29, 0.717) is 34.6 Å². The van der Waals surface area contributed by atoms with Crippen molar-refractivity contribution in [1.29, 1.82) is 0 Å². The molecule has 3 aromatic heterocycles. The molecule has 4 heterocycles. The molecule has 6 rings (SSSR count). The highest BCUT2D eigenvalue weighted by Crippen LogP contribution is 2.30. The summed E-state index contributed by atoms with van der Waals surface area (Å²) in [6.45, 7) is 3.94. The summed E-state index contributed by atoms with van der Waals surface area (Å²) in [5.74, 6) is 1.57. The lowest BCUT2D eigenvalue weighted by atomic mass is 9.93. The maximum Gasteiger partial charge on any atom is 0.160 e. The normalized spacial score (nSPS) is 20.7. The smallest absolute Gasteiger partial charge is 0.160 e. The van der Waals surface area contributed by atoms with Gasteiger partial charge in [0.1, 0.15) is 28.8 Å². The molecule has 1 N–H and O–H groups in total. The average molecular weight is 476 g/mol. The van der Waals surface area contributed by atoms with Crippen LogP contribution in [0.3, 0.4) is 0 Å². The monoisotopic (exact) mass is 475 g/mol. The fourth-order valence-corrected chi connectivity index (χ4v) is 5.30. The molecule has 0 radical (unpaired) electrons. The predicted molar refractivity (Wildman–Crippen MR) is 134 cm³/mol. The molecule has 1 saturated carbocycles. The number of rotatable bonds is 5. The van der Waals surface area contributed by atoms with Crippen molar-refractivity contribution < 1.29 is 9.13 Å². The van der Waals surface area contributed by atoms with Crippen molar-refractivity contribution in [3.05, 3.63) is 41.8 Å². The minimum absolute atomic E-state index is 0.330. The van der Waals surface area contributed by atoms with E-state index in [2.05, 4.69) is 21.3 Å². The van der Waals surface area contributed by atoms with Crippen LogP contribution in [0.4, 0.5) is 16.0 Å². The van der Waals surface area contributed by atoms with E-state index in [1.165, 1.54) is 25.0 Å². The van der Waals surface area contributed by atoms with E-state index in [9.17, 15) is 4.39 Å². The van der Waals surface area contributed by atoms with Crippen LogP contribution in [-0.2, 0) is 4.74 Å². The van der Waals surface area contributed by atoms with Crippen molar-refractivity contribution in [3.63, 3.8) is 0 Å². The molecule has 182 valence electrons. The number of hydrogen-bond acceptors (Lipinski definition) is 7. The third-order valence-corrected chi connectivity index (χ3v) is 7.25. The maximum absolute atomic E-state index is 13.8. The van der Waals surface area contributed by atoms with Gasteiger partial charge < -0.3 is 15.0 Å². The molecule has 0 atom stereocenters. The summed E-state index contributed by atoms with van der Waals surface area (Å²) in [4.78, 5) is 16.6. The van der Waals surface area contributed by atoms with Gasteiger partial charge in [0, 0.05) is 44.4 Å². The van der Waals surface area contributed by atoms with Gasteiger partial charge in [-0.1, -0.05) is 0 Å². The molecule has 1 aliphatic heterocycles. The molecular formula is C26H30FN7O. The predicted octanol–water partition coefficient (Wildman–Crippen LogP) is 4.76. The van der Waals surface area contributed by atoms with Crippen molar-refractivity contribution in [1.82, 2.24) is 24.6 Å². The van der Waals surface area contributed by atoms with Gasteiger partial charge in [0.25, 0.3) is 0 Å². The Morgan fingerprint density at radius 2 is 1.77 bits per heavy atom. The minimum Gasteiger partial charge on any atom is -0.381 e. The van der Waals surface area contributed by atoms with E-state index >= 15 is 0 Å². The average Bonchev–Trinajstić information content (AvgIpc) is 3.55. The van der Waals surface area contributed by atoms with Gasteiger partial charge in [0.15, 0.2) is 5.65 Å². The number of anilines is 2. The van der Waals surface area contributed by atoms with E-state index in [4.69, 9.17) is 19.8 Å². The maximum atomic E-state index is 13.8. The molecule has 1 aromatic carbocycles. The lowest BCUT2D eigenvalue weighted by Gasteiger charge is -2.29. The third-order valence-electron chi connectivity index (χ3n) is 7.25. The molecule has 0 spiro atoms. The molecule has 0 bridgehead atoms. The topological polar surface area (TPSA) is 80.5 Å². The number of nitrogens with one attached hydrogen (secondary N) is 1. The van der Waals surface area contributed by atoms with Crippen LogP contribution in [0.25, 0.3) is 28.1 Å². The summed E-state index contributed by atoms with van der Waals surface area (Å²) in [6.07, 6.45) is 6.92. The van der Waals surface area contributed by atoms with Crippen molar-refractivity contribution in [2.75, 3.05) is 30.4 Å². The molecule has 8 nitrogen and oxygen atoms in total. The SMILES string of the molecule is CO[C@H]1CC[C@H](Nc2cc(N3CCCC3)nc3cc(-c4nc5cc(F)ccc5nc4C)nn23)CC1. The summed E-state index contributed by atoms with van der Waals surface area (Å²) in [6, 6.07) is 8.90. The van der Waals surface area contributed by atoms with Crippen LogP contribution in [-0.4, -0.2) is 56.9 Å². The largest absolute Gasteiger partial charge is 0.381 e. The summed E-state index contributed by atoms with van der Waals surface area (Å²) < 4.78 is 21.3. The van der Waals surface area contributed by atoms with E-state index in [1.54, 1.807) is 13.2 Å². The molecule has 4 aromatic rings. The summed E-state index contributed by atoms with van der Waals surface area (Å²) >= 11 is 0. The molecule has 35 heavy (non-hydrogen) atoms. The zero-order chi connectivity index (χ0) is 23.9.